The molecule has 0 bridgehead atoms. The van der Waals surface area contributed by atoms with E-state index in [0.29, 0.717) is 6.04 Å². The van der Waals surface area contributed by atoms with Crippen LogP contribution in [0.4, 0.5) is 0 Å². The number of likely N-dealkylation sites (N-methyl/N-ethyl adjacent to an activating group) is 1. The van der Waals surface area contributed by atoms with E-state index in [9.17, 15) is 0 Å². The summed E-state index contributed by atoms with van der Waals surface area (Å²) in [7, 11) is 2.06. The molecule has 3 aromatic rings. The lowest BCUT2D eigenvalue weighted by Gasteiger charge is -2.15. The van der Waals surface area contributed by atoms with Crippen LogP contribution in [0, 0.1) is 0 Å². The van der Waals surface area contributed by atoms with Crippen LogP contribution in [-0.2, 0) is 12.8 Å². The summed E-state index contributed by atoms with van der Waals surface area (Å²) in [6.07, 6.45) is 2.19. The molecule has 2 aromatic heterocycles. The summed E-state index contributed by atoms with van der Waals surface area (Å²) in [6.45, 7) is 0. The fraction of sp³-hybridized carbons (Fsp3) is 0.250. The van der Waals surface area contributed by atoms with E-state index in [2.05, 4.69) is 58.8 Å². The van der Waals surface area contributed by atoms with Crippen molar-refractivity contribution in [3.8, 4) is 0 Å². The van der Waals surface area contributed by atoms with Crippen LogP contribution < -0.4 is 5.32 Å². The van der Waals surface area contributed by atoms with Crippen molar-refractivity contribution in [3.05, 3.63) is 57.6 Å². The van der Waals surface area contributed by atoms with Crippen LogP contribution in [0.3, 0.4) is 0 Å². The largest absolute Gasteiger partial charge is 0.316 e. The molecule has 0 radical (unpaired) electrons. The zero-order valence-corrected chi connectivity index (χ0v) is 12.6. The van der Waals surface area contributed by atoms with E-state index in [1.807, 2.05) is 11.3 Å². The lowest BCUT2D eigenvalue weighted by Crippen LogP contribution is -2.29. The monoisotopic (exact) mass is 287 g/mol. The van der Waals surface area contributed by atoms with Crippen molar-refractivity contribution in [3.63, 3.8) is 0 Å². The van der Waals surface area contributed by atoms with Gasteiger partial charge in [-0.3, -0.25) is 0 Å². The number of hydrogen-bond acceptors (Lipinski definition) is 3. The normalized spacial score (nSPS) is 12.9. The average molecular weight is 287 g/mol. The van der Waals surface area contributed by atoms with Gasteiger partial charge >= 0.3 is 0 Å². The highest BCUT2D eigenvalue weighted by Crippen LogP contribution is 2.27. The average Bonchev–Trinajstić information content (AvgIpc) is 3.08. The molecule has 1 nitrogen and oxygen atoms in total. The quantitative estimate of drug-likeness (QED) is 0.736. The van der Waals surface area contributed by atoms with E-state index >= 15 is 0 Å². The van der Waals surface area contributed by atoms with Crippen LogP contribution in [0.5, 0.6) is 0 Å². The first-order valence-electron chi connectivity index (χ1n) is 6.50. The first-order valence-corrected chi connectivity index (χ1v) is 8.32. The molecule has 3 rings (SSSR count). The molecule has 0 aliphatic heterocycles. The fourth-order valence-electron chi connectivity index (χ4n) is 2.43. The van der Waals surface area contributed by atoms with Gasteiger partial charge in [-0.2, -0.15) is 11.3 Å². The third-order valence-corrected chi connectivity index (χ3v) is 5.24. The summed E-state index contributed by atoms with van der Waals surface area (Å²) in [5.41, 5.74) is 2.90. The van der Waals surface area contributed by atoms with E-state index in [1.54, 1.807) is 11.3 Å². The van der Waals surface area contributed by atoms with Crippen LogP contribution in [0.25, 0.3) is 10.1 Å². The summed E-state index contributed by atoms with van der Waals surface area (Å²) in [5, 5.41) is 11.6. The molecular weight excluding hydrogens is 270 g/mol. The minimum Gasteiger partial charge on any atom is -0.316 e. The maximum Gasteiger partial charge on any atom is 0.0345 e. The molecule has 1 aromatic carbocycles. The van der Waals surface area contributed by atoms with Gasteiger partial charge in [0.25, 0.3) is 0 Å². The Labute approximate surface area is 121 Å². The maximum absolute atomic E-state index is 3.45. The first-order chi connectivity index (χ1) is 9.36. The summed E-state index contributed by atoms with van der Waals surface area (Å²) in [5.74, 6) is 0. The Balaban J connectivity index is 1.78. The Morgan fingerprint density at radius 2 is 2.00 bits per heavy atom. The van der Waals surface area contributed by atoms with Crippen molar-refractivity contribution in [2.75, 3.05) is 7.05 Å². The van der Waals surface area contributed by atoms with Gasteiger partial charge in [0.15, 0.2) is 0 Å². The molecule has 1 unspecified atom stereocenters. The minimum atomic E-state index is 0.507. The minimum absolute atomic E-state index is 0.507. The lowest BCUT2D eigenvalue weighted by molar-refractivity contribution is 0.559. The van der Waals surface area contributed by atoms with Crippen LogP contribution in [0.1, 0.15) is 11.1 Å². The molecule has 3 heteroatoms. The molecule has 19 heavy (non-hydrogen) atoms. The Bertz CT molecular complexity index is 640. The molecule has 0 saturated heterocycles. The zero-order valence-electron chi connectivity index (χ0n) is 10.9. The predicted octanol–water partition coefficient (Wildman–Crippen LogP) is 4.34. The molecule has 0 saturated carbocycles. The van der Waals surface area contributed by atoms with Crippen molar-refractivity contribution in [1.82, 2.24) is 5.32 Å². The van der Waals surface area contributed by atoms with Crippen LogP contribution in [0.2, 0.25) is 0 Å². The van der Waals surface area contributed by atoms with Crippen LogP contribution >= 0.6 is 22.7 Å². The highest BCUT2D eigenvalue weighted by atomic mass is 32.1. The van der Waals surface area contributed by atoms with Crippen LogP contribution in [-0.4, -0.2) is 13.1 Å². The second kappa shape index (κ2) is 5.87. The fourth-order valence-corrected chi connectivity index (χ4v) is 4.08. The third kappa shape index (κ3) is 2.89. The van der Waals surface area contributed by atoms with Crippen molar-refractivity contribution in [1.29, 1.82) is 0 Å². The van der Waals surface area contributed by atoms with E-state index < -0.39 is 0 Å². The topological polar surface area (TPSA) is 12.0 Å². The highest BCUT2D eigenvalue weighted by molar-refractivity contribution is 7.17. The SMILES string of the molecule is CNC(Cc1ccsc1)Cc1csc2ccccc12. The van der Waals surface area contributed by atoms with Gasteiger partial charge in [0.1, 0.15) is 0 Å². The van der Waals surface area contributed by atoms with Crippen molar-refractivity contribution < 1.29 is 0 Å². The molecule has 98 valence electrons. The molecule has 2 heterocycles. The Morgan fingerprint density at radius 1 is 1.11 bits per heavy atom. The van der Waals surface area contributed by atoms with Crippen molar-refractivity contribution >= 4 is 32.8 Å². The predicted molar refractivity (Wildman–Crippen MR) is 86.4 cm³/mol. The molecule has 0 fully saturated rings. The zero-order chi connectivity index (χ0) is 13.1. The second-order valence-electron chi connectivity index (χ2n) is 4.78. The van der Waals surface area contributed by atoms with Crippen molar-refractivity contribution in [2.45, 2.75) is 18.9 Å². The smallest absolute Gasteiger partial charge is 0.0345 e. The Kier molecular flexibility index (Phi) is 3.97. The first kappa shape index (κ1) is 12.9. The Hall–Kier alpha value is -1.16. The third-order valence-electron chi connectivity index (χ3n) is 3.50. The standard InChI is InChI=1S/C16H17NS2/c1-17-14(8-12-6-7-18-10-12)9-13-11-19-16-5-3-2-4-15(13)16/h2-7,10-11,14,17H,8-9H2,1H3. The second-order valence-corrected chi connectivity index (χ2v) is 6.47. The molecule has 0 aliphatic carbocycles. The van der Waals surface area contributed by atoms with Crippen molar-refractivity contribution in [2.24, 2.45) is 0 Å². The number of hydrogen-bond donors (Lipinski definition) is 1. The lowest BCUT2D eigenvalue weighted by atomic mass is 10.0. The summed E-state index contributed by atoms with van der Waals surface area (Å²) < 4.78 is 1.39. The van der Waals surface area contributed by atoms with Crippen LogP contribution in [0.15, 0.2) is 46.5 Å². The van der Waals surface area contributed by atoms with Gasteiger partial charge in [-0.1, -0.05) is 18.2 Å². The van der Waals surface area contributed by atoms with E-state index in [1.165, 1.54) is 21.2 Å². The molecule has 1 N–H and O–H groups in total. The Morgan fingerprint density at radius 3 is 2.79 bits per heavy atom. The van der Waals surface area contributed by atoms with Gasteiger partial charge in [-0.05, 0) is 64.7 Å². The number of thiophene rings is 2. The van der Waals surface area contributed by atoms with Gasteiger partial charge in [0.05, 0.1) is 0 Å². The number of rotatable bonds is 5. The van der Waals surface area contributed by atoms with Gasteiger partial charge < -0.3 is 5.32 Å². The molecule has 0 aliphatic rings. The summed E-state index contributed by atoms with van der Waals surface area (Å²) >= 11 is 3.63. The summed E-state index contributed by atoms with van der Waals surface area (Å²) in [6, 6.07) is 11.4. The number of nitrogens with one attached hydrogen (secondary N) is 1. The van der Waals surface area contributed by atoms with E-state index in [0.717, 1.165) is 12.8 Å². The molecular formula is C16H17NS2. The van der Waals surface area contributed by atoms with E-state index in [4.69, 9.17) is 0 Å². The highest BCUT2D eigenvalue weighted by Gasteiger charge is 2.11. The number of benzene rings is 1. The van der Waals surface area contributed by atoms with E-state index in [-0.39, 0.29) is 0 Å². The van der Waals surface area contributed by atoms with Gasteiger partial charge in [-0.25, -0.2) is 0 Å². The van der Waals surface area contributed by atoms with Gasteiger partial charge in [-0.15, -0.1) is 11.3 Å². The molecule has 0 amide bonds. The van der Waals surface area contributed by atoms with Gasteiger partial charge in [0.2, 0.25) is 0 Å². The molecule has 1 atom stereocenters. The maximum atomic E-state index is 3.45. The molecule has 0 spiro atoms. The number of fused-ring (bicyclic) bond motifs is 1. The summed E-state index contributed by atoms with van der Waals surface area (Å²) in [4.78, 5) is 0. The van der Waals surface area contributed by atoms with Gasteiger partial charge in [0, 0.05) is 10.7 Å².